The molecule has 1 aromatic carbocycles. The van der Waals surface area contributed by atoms with E-state index < -0.39 is 36.4 Å². The predicted molar refractivity (Wildman–Crippen MR) is 65.3 cm³/mol. The Bertz CT molecular complexity index is 502. The van der Waals surface area contributed by atoms with E-state index in [9.17, 15) is 24.2 Å². The molecule has 2 atom stereocenters. The zero-order valence-corrected chi connectivity index (χ0v) is 10.7. The molecule has 0 amide bonds. The van der Waals surface area contributed by atoms with Crippen molar-refractivity contribution in [3.63, 3.8) is 0 Å². The smallest absolute Gasteiger partial charge is 0.308 e. The number of aliphatic hydroxyl groups excluding tert-OH is 2. The number of hydrogen-bond acceptors (Lipinski definition) is 5. The molecule has 6 nitrogen and oxygen atoms in total. The second kappa shape index (κ2) is 6.97. The Morgan fingerprint density at radius 2 is 2.00 bits per heavy atom. The quantitative estimate of drug-likeness (QED) is 0.654. The van der Waals surface area contributed by atoms with Gasteiger partial charge in [-0.3, -0.25) is 9.59 Å². The first-order chi connectivity index (χ1) is 9.35. The average molecular weight is 286 g/mol. The van der Waals surface area contributed by atoms with Gasteiger partial charge >= 0.3 is 11.9 Å². The number of carbonyl (C=O) groups is 2. The largest absolute Gasteiger partial charge is 0.481 e. The molecule has 0 aliphatic rings. The van der Waals surface area contributed by atoms with E-state index in [4.69, 9.17) is 5.11 Å². The molecule has 1 rings (SSSR count). The molecule has 3 N–H and O–H groups in total. The molecule has 110 valence electrons. The van der Waals surface area contributed by atoms with Crippen molar-refractivity contribution >= 4 is 11.9 Å². The lowest BCUT2D eigenvalue weighted by molar-refractivity contribution is -0.144. The van der Waals surface area contributed by atoms with Gasteiger partial charge in [0, 0.05) is 5.56 Å². The molecule has 0 aliphatic carbocycles. The van der Waals surface area contributed by atoms with Crippen LogP contribution < -0.4 is 0 Å². The van der Waals surface area contributed by atoms with Crippen LogP contribution >= 0.6 is 0 Å². The van der Waals surface area contributed by atoms with E-state index in [2.05, 4.69) is 4.74 Å². The van der Waals surface area contributed by atoms with Gasteiger partial charge in [0.05, 0.1) is 26.1 Å². The second-order valence-corrected chi connectivity index (χ2v) is 4.22. The number of carboxylic acid groups (broad SMARTS) is 1. The number of rotatable bonds is 6. The van der Waals surface area contributed by atoms with Crippen molar-refractivity contribution in [2.45, 2.75) is 25.0 Å². The van der Waals surface area contributed by atoms with Gasteiger partial charge in [0.1, 0.15) is 11.9 Å². The van der Waals surface area contributed by atoms with Crippen molar-refractivity contribution < 1.29 is 34.0 Å². The van der Waals surface area contributed by atoms with Crippen molar-refractivity contribution in [1.82, 2.24) is 0 Å². The average Bonchev–Trinajstić information content (AvgIpc) is 2.39. The zero-order chi connectivity index (χ0) is 15.3. The summed E-state index contributed by atoms with van der Waals surface area (Å²) in [5.74, 6) is -2.65. The highest BCUT2D eigenvalue weighted by atomic mass is 19.1. The van der Waals surface area contributed by atoms with Gasteiger partial charge in [-0.15, -0.1) is 0 Å². The Morgan fingerprint density at radius 1 is 1.35 bits per heavy atom. The van der Waals surface area contributed by atoms with Crippen LogP contribution in [0.3, 0.4) is 0 Å². The highest BCUT2D eigenvalue weighted by Crippen LogP contribution is 2.23. The first-order valence-corrected chi connectivity index (χ1v) is 5.78. The third-order valence-electron chi connectivity index (χ3n) is 2.70. The first kappa shape index (κ1) is 16.1. The van der Waals surface area contributed by atoms with Crippen LogP contribution in [0.25, 0.3) is 0 Å². The van der Waals surface area contributed by atoms with Gasteiger partial charge in [-0.2, -0.15) is 0 Å². The second-order valence-electron chi connectivity index (χ2n) is 4.22. The van der Waals surface area contributed by atoms with Crippen molar-refractivity contribution in [2.75, 3.05) is 7.11 Å². The molecule has 0 heterocycles. The minimum absolute atomic E-state index is 0.264. The van der Waals surface area contributed by atoms with E-state index in [0.29, 0.717) is 0 Å². The number of carboxylic acids is 1. The summed E-state index contributed by atoms with van der Waals surface area (Å²) < 4.78 is 17.9. The van der Waals surface area contributed by atoms with Crippen LogP contribution in [0.15, 0.2) is 18.2 Å². The number of carbonyl (C=O) groups excluding carboxylic acids is 1. The van der Waals surface area contributed by atoms with Crippen molar-refractivity contribution in [3.05, 3.63) is 35.1 Å². The molecule has 1 aromatic rings. The maximum Gasteiger partial charge on any atom is 0.308 e. The number of hydrogen-bond donors (Lipinski definition) is 3. The molecular weight excluding hydrogens is 271 g/mol. The maximum atomic E-state index is 13.6. The van der Waals surface area contributed by atoms with Crippen LogP contribution in [-0.2, 0) is 20.7 Å². The Kier molecular flexibility index (Phi) is 5.60. The number of aliphatic carboxylic acids is 1. The molecule has 0 aliphatic heterocycles. The normalized spacial score (nSPS) is 13.6. The molecule has 0 aromatic heterocycles. The number of ether oxygens (including phenoxy) is 1. The molecule has 0 saturated heterocycles. The van der Waals surface area contributed by atoms with Crippen molar-refractivity contribution in [1.29, 1.82) is 0 Å². The number of esters is 1. The minimum Gasteiger partial charge on any atom is -0.481 e. The van der Waals surface area contributed by atoms with Crippen LogP contribution in [0.4, 0.5) is 4.39 Å². The molecule has 7 heteroatoms. The summed E-state index contributed by atoms with van der Waals surface area (Å²) >= 11 is 0. The van der Waals surface area contributed by atoms with Gasteiger partial charge in [0.15, 0.2) is 0 Å². The van der Waals surface area contributed by atoms with E-state index in [1.807, 2.05) is 0 Å². The zero-order valence-electron chi connectivity index (χ0n) is 10.7. The summed E-state index contributed by atoms with van der Waals surface area (Å²) in [6, 6.07) is 3.42. The lowest BCUT2D eigenvalue weighted by atomic mass is 9.98. The lowest BCUT2D eigenvalue weighted by Gasteiger charge is -2.18. The van der Waals surface area contributed by atoms with E-state index in [-0.39, 0.29) is 17.5 Å². The highest BCUT2D eigenvalue weighted by molar-refractivity contribution is 5.70. The molecule has 0 fully saturated rings. The third kappa shape index (κ3) is 4.29. The fourth-order valence-electron chi connectivity index (χ4n) is 1.68. The molecular formula is C13H15FO6. The van der Waals surface area contributed by atoms with E-state index in [0.717, 1.165) is 19.2 Å². The summed E-state index contributed by atoms with van der Waals surface area (Å²) in [5, 5.41) is 28.1. The topological polar surface area (TPSA) is 104 Å². The van der Waals surface area contributed by atoms with E-state index in [1.54, 1.807) is 0 Å². The first-order valence-electron chi connectivity index (χ1n) is 5.78. The van der Waals surface area contributed by atoms with Crippen molar-refractivity contribution in [3.8, 4) is 0 Å². The van der Waals surface area contributed by atoms with Gasteiger partial charge in [-0.25, -0.2) is 4.39 Å². The van der Waals surface area contributed by atoms with Crippen LogP contribution in [0.2, 0.25) is 0 Å². The van der Waals surface area contributed by atoms with Gasteiger partial charge in [0.25, 0.3) is 0 Å². The fraction of sp³-hybridized carbons (Fsp3) is 0.385. The SMILES string of the molecule is COC(=O)CC(O)C(O)c1cc(CC(=O)O)ccc1F. The molecule has 20 heavy (non-hydrogen) atoms. The maximum absolute atomic E-state index is 13.6. The van der Waals surface area contributed by atoms with E-state index in [1.165, 1.54) is 6.07 Å². The third-order valence-corrected chi connectivity index (χ3v) is 2.70. The Hall–Kier alpha value is -1.99. The summed E-state index contributed by atoms with van der Waals surface area (Å²) in [7, 11) is 1.12. The fourth-order valence-corrected chi connectivity index (χ4v) is 1.68. The summed E-state index contributed by atoms with van der Waals surface area (Å²) in [6.07, 6.45) is -4.03. The summed E-state index contributed by atoms with van der Waals surface area (Å²) in [5.41, 5.74) is 0.0124. The van der Waals surface area contributed by atoms with Crippen LogP contribution in [0.1, 0.15) is 23.7 Å². The van der Waals surface area contributed by atoms with Crippen molar-refractivity contribution in [2.24, 2.45) is 0 Å². The van der Waals surface area contributed by atoms with Gasteiger partial charge in [0.2, 0.25) is 0 Å². The molecule has 0 bridgehead atoms. The van der Waals surface area contributed by atoms with Crippen LogP contribution in [0.5, 0.6) is 0 Å². The summed E-state index contributed by atoms with van der Waals surface area (Å²) in [4.78, 5) is 21.6. The Morgan fingerprint density at radius 3 is 2.55 bits per heavy atom. The Balaban J connectivity index is 2.93. The highest BCUT2D eigenvalue weighted by Gasteiger charge is 2.24. The molecule has 2 unspecified atom stereocenters. The van der Waals surface area contributed by atoms with Crippen LogP contribution in [0, 0.1) is 5.82 Å². The number of benzene rings is 1. The number of aliphatic hydroxyl groups is 2. The Labute approximate surface area is 114 Å². The molecule has 0 radical (unpaired) electrons. The van der Waals surface area contributed by atoms with Gasteiger partial charge in [-0.05, 0) is 17.7 Å². The van der Waals surface area contributed by atoms with Crippen LogP contribution in [-0.4, -0.2) is 40.5 Å². The standard InChI is InChI=1S/C13H15FO6/c1-20-12(18)6-10(15)13(19)8-4-7(5-11(16)17)2-3-9(8)14/h2-4,10,13,15,19H,5-6H2,1H3,(H,16,17). The predicted octanol–water partition coefficient (Wildman–Crippen LogP) is 0.410. The number of halogens is 1. The van der Waals surface area contributed by atoms with E-state index >= 15 is 0 Å². The minimum atomic E-state index is -1.65. The van der Waals surface area contributed by atoms with Gasteiger partial charge in [-0.1, -0.05) is 6.07 Å². The summed E-state index contributed by atoms with van der Waals surface area (Å²) in [6.45, 7) is 0. The molecule has 0 spiro atoms. The van der Waals surface area contributed by atoms with Gasteiger partial charge < -0.3 is 20.1 Å². The molecule has 0 saturated carbocycles. The number of methoxy groups -OCH3 is 1. The lowest BCUT2D eigenvalue weighted by Crippen LogP contribution is -2.23. The monoisotopic (exact) mass is 286 g/mol.